The average molecular weight is 261 g/mol. The molecule has 0 bridgehead atoms. The maximum atomic E-state index is 11.5. The highest BCUT2D eigenvalue weighted by Gasteiger charge is 2.13. The number of aryl methyl sites for hydroxylation is 1. The highest BCUT2D eigenvalue weighted by Crippen LogP contribution is 2.11. The Balaban J connectivity index is 3.13. The van der Waals surface area contributed by atoms with Gasteiger partial charge in [0.1, 0.15) is 8.07 Å². The number of methoxy groups -OCH3 is 1. The molecule has 0 spiro atoms. The zero-order valence-corrected chi connectivity index (χ0v) is 12.6. The maximum absolute atomic E-state index is 11.5. The second-order valence-electron chi connectivity index (χ2n) is 5.08. The predicted octanol–water partition coefficient (Wildman–Crippen LogP) is 2.66. The van der Waals surface area contributed by atoms with Crippen LogP contribution in [0.1, 0.15) is 28.5 Å². The van der Waals surface area contributed by atoms with Crippen LogP contribution in [0.4, 0.5) is 0 Å². The van der Waals surface area contributed by atoms with E-state index in [-0.39, 0.29) is 0 Å². The molecule has 1 aromatic rings. The fourth-order valence-electron chi connectivity index (χ4n) is 1.39. The minimum absolute atomic E-state index is 0.388. The van der Waals surface area contributed by atoms with Crippen molar-refractivity contribution in [3.63, 3.8) is 0 Å². The van der Waals surface area contributed by atoms with E-state index in [1.807, 2.05) is 13.0 Å². The van der Waals surface area contributed by atoms with Gasteiger partial charge >= 0.3 is 5.97 Å². The summed E-state index contributed by atoms with van der Waals surface area (Å²) in [6, 6.07) is 1.92. The summed E-state index contributed by atoms with van der Waals surface area (Å²) in [7, 11) is -0.0269. The number of carbonyl (C=O) groups is 1. The minimum Gasteiger partial charge on any atom is -0.464 e. The normalized spacial score (nSPS) is 10.5. The highest BCUT2D eigenvalue weighted by atomic mass is 28.3. The van der Waals surface area contributed by atoms with Crippen LogP contribution in [0.15, 0.2) is 12.3 Å². The predicted molar refractivity (Wildman–Crippen MR) is 75.2 cm³/mol. The van der Waals surface area contributed by atoms with Crippen LogP contribution in [-0.4, -0.2) is 26.1 Å². The lowest BCUT2D eigenvalue weighted by Crippen LogP contribution is -2.16. The van der Waals surface area contributed by atoms with E-state index in [1.54, 1.807) is 6.20 Å². The molecule has 1 aromatic heterocycles. The summed E-state index contributed by atoms with van der Waals surface area (Å²) in [6.07, 6.45) is 2.37. The molecule has 0 fully saturated rings. The van der Waals surface area contributed by atoms with Gasteiger partial charge < -0.3 is 4.74 Å². The van der Waals surface area contributed by atoms with Crippen molar-refractivity contribution in [2.24, 2.45) is 0 Å². The molecule has 0 aliphatic carbocycles. The van der Waals surface area contributed by atoms with Crippen LogP contribution >= 0.6 is 0 Å². The Kier molecular flexibility index (Phi) is 4.68. The fourth-order valence-corrected chi connectivity index (χ4v) is 1.91. The zero-order valence-electron chi connectivity index (χ0n) is 11.6. The summed E-state index contributed by atoms with van der Waals surface area (Å²) >= 11 is 0. The molecule has 0 saturated carbocycles. The molecular weight excluding hydrogens is 242 g/mol. The monoisotopic (exact) mass is 261 g/mol. The Hall–Kier alpha value is -1.60. The van der Waals surface area contributed by atoms with Crippen LogP contribution in [0.5, 0.6) is 0 Å². The number of hydrogen-bond acceptors (Lipinski definition) is 3. The van der Waals surface area contributed by atoms with Crippen molar-refractivity contribution in [2.45, 2.75) is 33.0 Å². The molecule has 3 nitrogen and oxygen atoms in total. The summed E-state index contributed by atoms with van der Waals surface area (Å²) in [6.45, 7) is 8.56. The van der Waals surface area contributed by atoms with E-state index in [4.69, 9.17) is 4.74 Å². The van der Waals surface area contributed by atoms with Gasteiger partial charge in [0.05, 0.1) is 7.11 Å². The van der Waals surface area contributed by atoms with Crippen LogP contribution < -0.4 is 0 Å². The van der Waals surface area contributed by atoms with E-state index in [9.17, 15) is 4.79 Å². The molecule has 0 atom stereocenters. The van der Waals surface area contributed by atoms with E-state index in [1.165, 1.54) is 7.11 Å². The second-order valence-corrected chi connectivity index (χ2v) is 9.83. The standard InChI is InChI=1S/C14H19NO2Si/c1-6-12-9-11(7-8-18(3,4)5)10-15-13(12)14(16)17-2/h9-10H,6H2,1-5H3. The van der Waals surface area contributed by atoms with Crippen LogP contribution in [0.25, 0.3) is 0 Å². The van der Waals surface area contributed by atoms with Crippen molar-refractivity contribution in [2.75, 3.05) is 7.11 Å². The van der Waals surface area contributed by atoms with E-state index in [0.717, 1.165) is 17.5 Å². The molecule has 0 saturated heterocycles. The van der Waals surface area contributed by atoms with E-state index < -0.39 is 14.0 Å². The number of carbonyl (C=O) groups excluding carboxylic acids is 1. The Bertz CT molecular complexity index is 507. The third-order valence-corrected chi connectivity index (χ3v) is 3.18. The van der Waals surface area contributed by atoms with Crippen molar-refractivity contribution in [1.82, 2.24) is 4.98 Å². The third-order valence-electron chi connectivity index (χ3n) is 2.31. The summed E-state index contributed by atoms with van der Waals surface area (Å²) < 4.78 is 4.70. The molecule has 4 heteroatoms. The molecule has 0 radical (unpaired) electrons. The second kappa shape index (κ2) is 5.83. The van der Waals surface area contributed by atoms with Gasteiger partial charge in [-0.2, -0.15) is 0 Å². The van der Waals surface area contributed by atoms with Crippen molar-refractivity contribution in [3.05, 3.63) is 29.1 Å². The lowest BCUT2D eigenvalue weighted by molar-refractivity contribution is 0.0592. The van der Waals surface area contributed by atoms with Crippen LogP contribution in [0.3, 0.4) is 0 Å². The van der Waals surface area contributed by atoms with Gasteiger partial charge in [0, 0.05) is 11.8 Å². The first-order valence-corrected chi connectivity index (χ1v) is 9.47. The van der Waals surface area contributed by atoms with E-state index in [0.29, 0.717) is 5.69 Å². The van der Waals surface area contributed by atoms with Gasteiger partial charge in [-0.15, -0.1) is 5.54 Å². The SMILES string of the molecule is CCc1cc(C#C[Si](C)(C)C)cnc1C(=O)OC. The Morgan fingerprint density at radius 3 is 2.61 bits per heavy atom. The summed E-state index contributed by atoms with van der Waals surface area (Å²) in [4.78, 5) is 15.7. The molecule has 18 heavy (non-hydrogen) atoms. The van der Waals surface area contributed by atoms with Crippen molar-refractivity contribution in [3.8, 4) is 11.5 Å². The molecule has 0 aromatic carbocycles. The highest BCUT2D eigenvalue weighted by molar-refractivity contribution is 6.83. The zero-order chi connectivity index (χ0) is 13.8. The van der Waals surface area contributed by atoms with Crippen molar-refractivity contribution < 1.29 is 9.53 Å². The molecule has 0 unspecified atom stereocenters. The molecule has 0 amide bonds. The van der Waals surface area contributed by atoms with Crippen molar-refractivity contribution in [1.29, 1.82) is 0 Å². The topological polar surface area (TPSA) is 39.2 Å². The lowest BCUT2D eigenvalue weighted by atomic mass is 10.1. The van der Waals surface area contributed by atoms with Crippen molar-refractivity contribution >= 4 is 14.0 Å². The van der Waals surface area contributed by atoms with Gasteiger partial charge in [0.2, 0.25) is 0 Å². The number of aromatic nitrogens is 1. The molecule has 0 aliphatic rings. The summed E-state index contributed by atoms with van der Waals surface area (Å²) in [5, 5.41) is 0. The summed E-state index contributed by atoms with van der Waals surface area (Å²) in [5.74, 6) is 2.75. The lowest BCUT2D eigenvalue weighted by Gasteiger charge is -2.06. The van der Waals surface area contributed by atoms with Gasteiger partial charge in [-0.1, -0.05) is 32.5 Å². The van der Waals surface area contributed by atoms with E-state index >= 15 is 0 Å². The first-order valence-electron chi connectivity index (χ1n) is 5.97. The number of hydrogen-bond donors (Lipinski definition) is 0. The average Bonchev–Trinajstić information content (AvgIpc) is 2.34. The first kappa shape index (κ1) is 14.5. The number of rotatable bonds is 2. The number of nitrogens with zero attached hydrogens (tertiary/aromatic N) is 1. The van der Waals surface area contributed by atoms with Crippen LogP contribution in [-0.2, 0) is 11.2 Å². The summed E-state index contributed by atoms with van der Waals surface area (Å²) in [5.41, 5.74) is 5.41. The quantitative estimate of drug-likeness (QED) is 0.467. The van der Waals surface area contributed by atoms with Gasteiger partial charge in [0.15, 0.2) is 5.69 Å². The minimum atomic E-state index is -1.39. The molecule has 0 aliphatic heterocycles. The van der Waals surface area contributed by atoms with Crippen LogP contribution in [0, 0.1) is 11.5 Å². The molecule has 0 N–H and O–H groups in total. The first-order chi connectivity index (χ1) is 8.37. The Morgan fingerprint density at radius 2 is 2.11 bits per heavy atom. The molecule has 1 rings (SSSR count). The molecule has 1 heterocycles. The molecular formula is C14H19NO2Si. The van der Waals surface area contributed by atoms with Gasteiger partial charge in [-0.05, 0) is 18.1 Å². The maximum Gasteiger partial charge on any atom is 0.356 e. The fraction of sp³-hybridized carbons (Fsp3) is 0.429. The van der Waals surface area contributed by atoms with Gasteiger partial charge in [-0.25, -0.2) is 9.78 Å². The largest absolute Gasteiger partial charge is 0.464 e. The Morgan fingerprint density at radius 1 is 1.44 bits per heavy atom. The smallest absolute Gasteiger partial charge is 0.356 e. The van der Waals surface area contributed by atoms with Gasteiger partial charge in [0.25, 0.3) is 0 Å². The van der Waals surface area contributed by atoms with E-state index in [2.05, 4.69) is 36.1 Å². The number of pyridine rings is 1. The van der Waals surface area contributed by atoms with Crippen LogP contribution in [0.2, 0.25) is 19.6 Å². The third kappa shape index (κ3) is 4.01. The Labute approximate surface area is 110 Å². The number of ether oxygens (including phenoxy) is 1. The number of esters is 1. The van der Waals surface area contributed by atoms with Gasteiger partial charge in [-0.3, -0.25) is 0 Å². The molecule has 96 valence electrons.